The quantitative estimate of drug-likeness (QED) is 0.179. The molecule has 0 radical (unpaired) electrons. The van der Waals surface area contributed by atoms with E-state index in [9.17, 15) is 0 Å². The van der Waals surface area contributed by atoms with Gasteiger partial charge in [0, 0.05) is 33.4 Å². The third kappa shape index (κ3) is 5.30. The molecule has 3 nitrogen and oxygen atoms in total. The van der Waals surface area contributed by atoms with Crippen molar-refractivity contribution in [1.29, 1.82) is 0 Å². The molecule has 0 atom stereocenters. The van der Waals surface area contributed by atoms with Gasteiger partial charge in [0.25, 0.3) is 0 Å². The summed E-state index contributed by atoms with van der Waals surface area (Å²) in [6.45, 7) is 9.62. The zero-order chi connectivity index (χ0) is 44.8. The average molecular weight is 861 g/mol. The Balaban J connectivity index is 1.05. The topological polar surface area (TPSA) is 28.4 Å². The van der Waals surface area contributed by atoms with Gasteiger partial charge in [-0.3, -0.25) is 0 Å². The smallest absolute Gasteiger partial charge is 0.198 e. The fourth-order valence-corrected chi connectivity index (χ4v) is 12.9. The zero-order valence-electron chi connectivity index (χ0n) is 38.4. The Bertz CT molecular complexity index is 3680. The molecule has 9 aromatic carbocycles. The van der Waals surface area contributed by atoms with E-state index in [-0.39, 0.29) is 10.8 Å². The molecule has 0 unspecified atom stereocenters. The molecular weight excluding hydrogens is 812 g/mol. The van der Waals surface area contributed by atoms with Crippen molar-refractivity contribution in [3.8, 4) is 33.4 Å². The van der Waals surface area contributed by atoms with Crippen LogP contribution in [0.2, 0.25) is 0 Å². The minimum Gasteiger partial charge on any atom is -0.455 e. The molecule has 3 heterocycles. The Hall–Kier alpha value is -7.56. The van der Waals surface area contributed by atoms with Crippen molar-refractivity contribution in [3.05, 3.63) is 221 Å². The maximum atomic E-state index is 7.09. The fourth-order valence-electron chi connectivity index (χ4n) is 12.9. The highest BCUT2D eigenvalue weighted by molar-refractivity contribution is 6.73. The number of furan rings is 1. The fraction of sp³-hybridized carbons (Fsp3) is 0.143. The van der Waals surface area contributed by atoms with E-state index >= 15 is 0 Å². The van der Waals surface area contributed by atoms with Crippen LogP contribution >= 0.6 is 0 Å². The zero-order valence-corrected chi connectivity index (χ0v) is 38.4. The van der Waals surface area contributed by atoms with E-state index in [1.807, 2.05) is 0 Å². The van der Waals surface area contributed by atoms with Gasteiger partial charge in [0.2, 0.25) is 0 Å². The summed E-state index contributed by atoms with van der Waals surface area (Å²) < 4.78 is 7.09. The van der Waals surface area contributed by atoms with Crippen LogP contribution in [0.1, 0.15) is 73.9 Å². The molecule has 4 aliphatic rings. The monoisotopic (exact) mass is 860 g/mol. The lowest BCUT2D eigenvalue weighted by Crippen LogP contribution is -2.47. The van der Waals surface area contributed by atoms with Crippen LogP contribution in [0.15, 0.2) is 192 Å². The van der Waals surface area contributed by atoms with Crippen molar-refractivity contribution in [3.63, 3.8) is 0 Å². The van der Waals surface area contributed by atoms with Gasteiger partial charge in [0.05, 0.1) is 16.8 Å². The van der Waals surface area contributed by atoms with Crippen LogP contribution in [0.25, 0.3) is 55.3 Å². The Kier molecular flexibility index (Phi) is 7.94. The van der Waals surface area contributed by atoms with Crippen molar-refractivity contribution >= 4 is 68.6 Å². The molecular formula is C63H49BN2O. The Morgan fingerprint density at radius 3 is 1.96 bits per heavy atom. The maximum absolute atomic E-state index is 7.09. The molecule has 0 amide bonds. The minimum atomic E-state index is -0.474. The first kappa shape index (κ1) is 38.7. The van der Waals surface area contributed by atoms with Gasteiger partial charge in [-0.05, 0) is 139 Å². The van der Waals surface area contributed by atoms with E-state index in [1.54, 1.807) is 0 Å². The highest BCUT2D eigenvalue weighted by Gasteiger charge is 2.53. The second-order valence-corrected chi connectivity index (χ2v) is 20.7. The van der Waals surface area contributed by atoms with E-state index in [4.69, 9.17) is 4.42 Å². The molecule has 0 saturated heterocycles. The number of hydrogen-bond acceptors (Lipinski definition) is 3. The lowest BCUT2D eigenvalue weighted by Gasteiger charge is -2.48. The Morgan fingerprint density at radius 1 is 0.493 bits per heavy atom. The highest BCUT2D eigenvalue weighted by atomic mass is 16.3. The third-order valence-corrected chi connectivity index (χ3v) is 16.1. The van der Waals surface area contributed by atoms with Gasteiger partial charge in [-0.2, -0.15) is 0 Å². The summed E-state index contributed by atoms with van der Waals surface area (Å²) >= 11 is 0. The number of rotatable bonds is 4. The number of fused-ring (bicyclic) bond motifs is 15. The summed E-state index contributed by atoms with van der Waals surface area (Å²) in [6.07, 6.45) is 2.34. The van der Waals surface area contributed by atoms with E-state index < -0.39 is 5.41 Å². The molecule has 0 fully saturated rings. The summed E-state index contributed by atoms with van der Waals surface area (Å²) in [5.74, 6) is 0. The molecule has 14 rings (SSSR count). The number of para-hydroxylation sites is 3. The van der Waals surface area contributed by atoms with Crippen LogP contribution in [0.4, 0.5) is 28.4 Å². The van der Waals surface area contributed by atoms with E-state index in [0.717, 1.165) is 52.6 Å². The van der Waals surface area contributed by atoms with Crippen molar-refractivity contribution < 1.29 is 4.42 Å². The second-order valence-electron chi connectivity index (χ2n) is 20.7. The normalized spacial score (nSPS) is 16.1. The van der Waals surface area contributed by atoms with E-state index in [1.165, 1.54) is 95.6 Å². The van der Waals surface area contributed by atoms with Crippen LogP contribution in [-0.4, -0.2) is 7.28 Å². The first-order valence-corrected chi connectivity index (χ1v) is 24.0. The molecule has 2 aliphatic carbocycles. The largest absolute Gasteiger partial charge is 0.455 e. The molecule has 2 aliphatic heterocycles. The first-order valence-electron chi connectivity index (χ1n) is 24.0. The number of nitrogens with one attached hydrogen (secondary N) is 1. The van der Waals surface area contributed by atoms with Gasteiger partial charge in [-0.1, -0.05) is 173 Å². The van der Waals surface area contributed by atoms with E-state index in [0.29, 0.717) is 0 Å². The number of hydrogen-bond donors (Lipinski definition) is 1. The summed E-state index contributed by atoms with van der Waals surface area (Å²) in [5.41, 5.74) is 25.4. The molecule has 4 heteroatoms. The summed E-state index contributed by atoms with van der Waals surface area (Å²) in [5, 5.41) is 6.29. The standard InChI is InChI=1S/C63H49BN2O/c1-61(2)33-34-62(3,4)51-37-40(29-31-48(51)61)65-53-32-30-44-43-21-10-15-28-56(43)67-60(44)57(53)45-35-39(38-17-6-5-7-18-38)36-55-58(45)64-52-26-16-25-50-59(52)66(55)54-27-14-13-24-49(54)63(50)46-22-11-8-19-41(46)42-20-9-12-23-47(42)63/h5-32,35-37,64-65H,33-34H2,1-4H3. The molecule has 1 aromatic heterocycles. The lowest BCUT2D eigenvalue weighted by molar-refractivity contribution is 0.332. The molecule has 320 valence electrons. The molecule has 67 heavy (non-hydrogen) atoms. The second kappa shape index (κ2) is 13.7. The maximum Gasteiger partial charge on any atom is 0.198 e. The summed E-state index contributed by atoms with van der Waals surface area (Å²) in [7, 11) is 0.763. The van der Waals surface area contributed by atoms with Gasteiger partial charge in [-0.25, -0.2) is 0 Å². The van der Waals surface area contributed by atoms with E-state index in [2.05, 4.69) is 226 Å². The Labute approximate surface area is 393 Å². The SMILES string of the molecule is CC1(C)CCC(C)(C)c2cc(Nc3ccc4c(oc5ccccc54)c3-c3cc(-c4ccccc4)cc4c3Bc3cccc5c3N4c3ccccc3C53c4ccccc4-c4ccccc43)ccc21. The summed E-state index contributed by atoms with van der Waals surface area (Å²) in [6, 6.07) is 70.4. The van der Waals surface area contributed by atoms with Crippen molar-refractivity contribution in [1.82, 2.24) is 0 Å². The van der Waals surface area contributed by atoms with Crippen LogP contribution in [-0.2, 0) is 16.2 Å². The average Bonchev–Trinajstić information content (AvgIpc) is 3.88. The Morgan fingerprint density at radius 2 is 1.16 bits per heavy atom. The lowest BCUT2D eigenvalue weighted by atomic mass is 9.54. The molecule has 0 saturated carbocycles. The minimum absolute atomic E-state index is 0.0787. The van der Waals surface area contributed by atoms with Gasteiger partial charge in [-0.15, -0.1) is 0 Å². The van der Waals surface area contributed by atoms with Crippen molar-refractivity contribution in [2.75, 3.05) is 10.2 Å². The van der Waals surface area contributed by atoms with Crippen molar-refractivity contribution in [2.45, 2.75) is 56.8 Å². The molecule has 1 N–H and O–H groups in total. The predicted molar refractivity (Wildman–Crippen MR) is 282 cm³/mol. The molecule has 0 bridgehead atoms. The van der Waals surface area contributed by atoms with Gasteiger partial charge in [0.15, 0.2) is 7.28 Å². The van der Waals surface area contributed by atoms with Gasteiger partial charge < -0.3 is 14.6 Å². The first-order chi connectivity index (χ1) is 32.7. The van der Waals surface area contributed by atoms with Crippen molar-refractivity contribution in [2.24, 2.45) is 0 Å². The van der Waals surface area contributed by atoms with Crippen LogP contribution in [0.3, 0.4) is 0 Å². The number of benzene rings is 9. The van der Waals surface area contributed by atoms with Crippen LogP contribution < -0.4 is 21.1 Å². The number of anilines is 5. The third-order valence-electron chi connectivity index (χ3n) is 16.1. The van der Waals surface area contributed by atoms with Crippen LogP contribution in [0.5, 0.6) is 0 Å². The number of nitrogens with zero attached hydrogens (tertiary/aromatic N) is 1. The van der Waals surface area contributed by atoms with Gasteiger partial charge >= 0.3 is 0 Å². The predicted octanol–water partition coefficient (Wildman–Crippen LogP) is 14.9. The summed E-state index contributed by atoms with van der Waals surface area (Å²) in [4.78, 5) is 2.61. The van der Waals surface area contributed by atoms with Crippen LogP contribution in [0, 0.1) is 0 Å². The van der Waals surface area contributed by atoms with Gasteiger partial charge in [0.1, 0.15) is 11.2 Å². The molecule has 10 aromatic rings. The molecule has 1 spiro atoms. The highest BCUT2D eigenvalue weighted by Crippen LogP contribution is 2.63.